The van der Waals surface area contributed by atoms with Crippen molar-refractivity contribution in [2.24, 2.45) is 10.7 Å². The van der Waals surface area contributed by atoms with Crippen LogP contribution in [0.1, 0.15) is 29.9 Å². The molecule has 1 amide bonds. The van der Waals surface area contributed by atoms with Gasteiger partial charge in [0.15, 0.2) is 0 Å². The number of hydrogen-bond donors (Lipinski definition) is 2. The molecule has 2 aromatic rings. The molecule has 0 saturated carbocycles. The number of aliphatic imine (C=N–C) groups is 1. The largest absolute Gasteiger partial charge is 0.433 e. The molecule has 184 valence electrons. The van der Waals surface area contributed by atoms with Crippen molar-refractivity contribution in [3.05, 3.63) is 52.6 Å². The maximum Gasteiger partial charge on any atom is 0.424 e. The summed E-state index contributed by atoms with van der Waals surface area (Å²) in [5.74, 6) is -2.96. The molecule has 3 rings (SSSR count). The van der Waals surface area contributed by atoms with E-state index >= 15 is 0 Å². The van der Waals surface area contributed by atoms with Crippen LogP contribution in [0.2, 0.25) is 5.02 Å². The first-order valence-corrected chi connectivity index (χ1v) is 9.82. The smallest absolute Gasteiger partial charge is 0.424 e. The summed E-state index contributed by atoms with van der Waals surface area (Å²) in [4.78, 5) is 20.1. The molecule has 2 atom stereocenters. The molecule has 0 bridgehead atoms. The minimum absolute atomic E-state index is 0.0197. The van der Waals surface area contributed by atoms with Crippen LogP contribution < -0.4 is 15.8 Å². The van der Waals surface area contributed by atoms with Gasteiger partial charge in [0.2, 0.25) is 5.60 Å². The van der Waals surface area contributed by atoms with Crippen molar-refractivity contribution in [3.8, 4) is 5.75 Å². The van der Waals surface area contributed by atoms with Crippen molar-refractivity contribution >= 4 is 29.0 Å². The van der Waals surface area contributed by atoms with Crippen LogP contribution in [0.5, 0.6) is 5.75 Å². The summed E-state index contributed by atoms with van der Waals surface area (Å²) in [5.41, 5.74) is 0.558. The number of halogens is 7. The molecule has 14 heteroatoms. The number of aromatic nitrogens is 1. The second-order valence-electron chi connectivity index (χ2n) is 7.62. The topological polar surface area (TPSA) is 98.8 Å². The van der Waals surface area contributed by atoms with Gasteiger partial charge in [-0.2, -0.15) is 22.0 Å². The number of carbonyl (C=O) groups is 1. The maximum atomic E-state index is 14.6. The Balaban J connectivity index is 1.88. The van der Waals surface area contributed by atoms with Crippen LogP contribution >= 0.6 is 11.6 Å². The van der Waals surface area contributed by atoms with Gasteiger partial charge in [-0.25, -0.2) is 9.37 Å². The molecule has 1 aliphatic rings. The number of rotatable bonds is 5. The molecule has 0 radical (unpaired) electrons. The van der Waals surface area contributed by atoms with Crippen LogP contribution in [0.25, 0.3) is 0 Å². The highest BCUT2D eigenvalue weighted by Gasteiger charge is 2.59. The Kier molecular flexibility index (Phi) is 6.73. The molecule has 0 fully saturated rings. The average molecular weight is 511 g/mol. The van der Waals surface area contributed by atoms with Crippen LogP contribution in [0.4, 0.5) is 32.0 Å². The molecular formula is C20H17ClF6N4O3. The van der Waals surface area contributed by atoms with Crippen LogP contribution in [0.15, 0.2) is 35.5 Å². The highest BCUT2D eigenvalue weighted by molar-refractivity contribution is 6.34. The van der Waals surface area contributed by atoms with Crippen molar-refractivity contribution < 1.29 is 40.6 Å². The maximum absolute atomic E-state index is 14.6. The second-order valence-corrected chi connectivity index (χ2v) is 8.03. The number of pyridine rings is 1. The fraction of sp³-hybridized carbons (Fsp3) is 0.350. The summed E-state index contributed by atoms with van der Waals surface area (Å²) in [6.07, 6.45) is -3.99. The molecule has 1 aromatic carbocycles. The van der Waals surface area contributed by atoms with Gasteiger partial charge in [-0.15, -0.1) is 0 Å². The first kappa shape index (κ1) is 25.6. The number of amidine groups is 1. The van der Waals surface area contributed by atoms with E-state index in [1.54, 1.807) is 0 Å². The quantitative estimate of drug-likeness (QED) is 0.571. The van der Waals surface area contributed by atoms with E-state index in [4.69, 9.17) is 22.1 Å². The van der Waals surface area contributed by atoms with Gasteiger partial charge >= 0.3 is 12.8 Å². The van der Waals surface area contributed by atoms with Crippen molar-refractivity contribution in [1.82, 2.24) is 4.98 Å². The zero-order chi connectivity index (χ0) is 25.5. The summed E-state index contributed by atoms with van der Waals surface area (Å²) < 4.78 is 88.3. The standard InChI is InChI=1S/C20H17ClF6N4O3/c1-18(8-33-19(2,16(28)31-18)20(25,26)27)11-5-9(3-4-13(11)22)30-15(32)14-12(21)6-10(7-29-14)34-17(23)24/h3-7,17H,8H2,1-2H3,(H2,28,31)(H,30,32)/t18-,19+/m0/s1. The Hall–Kier alpha value is -3.06. The van der Waals surface area contributed by atoms with Gasteiger partial charge in [-0.1, -0.05) is 11.6 Å². The Morgan fingerprint density at radius 1 is 1.29 bits per heavy atom. The van der Waals surface area contributed by atoms with Gasteiger partial charge in [-0.05, 0) is 32.0 Å². The Labute approximate surface area is 193 Å². The van der Waals surface area contributed by atoms with Crippen molar-refractivity contribution in [2.75, 3.05) is 11.9 Å². The fourth-order valence-electron chi connectivity index (χ4n) is 3.09. The second kappa shape index (κ2) is 8.95. The number of nitrogens with zero attached hydrogens (tertiary/aromatic N) is 2. The van der Waals surface area contributed by atoms with E-state index in [9.17, 15) is 31.1 Å². The third-order valence-corrected chi connectivity index (χ3v) is 5.39. The first-order valence-electron chi connectivity index (χ1n) is 9.44. The molecular weight excluding hydrogens is 494 g/mol. The molecule has 34 heavy (non-hydrogen) atoms. The molecule has 2 heterocycles. The van der Waals surface area contributed by atoms with Crippen molar-refractivity contribution in [2.45, 2.75) is 37.8 Å². The molecule has 0 unspecified atom stereocenters. The number of nitrogens with one attached hydrogen (secondary N) is 1. The first-order chi connectivity index (χ1) is 15.7. The van der Waals surface area contributed by atoms with Gasteiger partial charge < -0.3 is 20.5 Å². The lowest BCUT2D eigenvalue weighted by Gasteiger charge is -2.41. The van der Waals surface area contributed by atoms with Crippen molar-refractivity contribution in [1.29, 1.82) is 0 Å². The van der Waals surface area contributed by atoms with E-state index in [1.165, 1.54) is 13.0 Å². The molecule has 7 nitrogen and oxygen atoms in total. The molecule has 1 aromatic heterocycles. The number of nitrogens with two attached hydrogens (primary N) is 1. The summed E-state index contributed by atoms with van der Waals surface area (Å²) >= 11 is 5.91. The van der Waals surface area contributed by atoms with Crippen LogP contribution in [-0.2, 0) is 10.3 Å². The van der Waals surface area contributed by atoms with Gasteiger partial charge in [0.05, 0.1) is 17.8 Å². The number of amides is 1. The lowest BCUT2D eigenvalue weighted by Crippen LogP contribution is -2.60. The Morgan fingerprint density at radius 3 is 2.53 bits per heavy atom. The zero-order valence-corrected chi connectivity index (χ0v) is 18.3. The molecule has 0 saturated heterocycles. The van der Waals surface area contributed by atoms with E-state index < -0.39 is 48.1 Å². The summed E-state index contributed by atoms with van der Waals surface area (Å²) in [5, 5.41) is 2.10. The summed E-state index contributed by atoms with van der Waals surface area (Å²) in [6, 6.07) is 4.25. The molecule has 0 aliphatic carbocycles. The van der Waals surface area contributed by atoms with Gasteiger partial charge in [0, 0.05) is 17.3 Å². The van der Waals surface area contributed by atoms with Gasteiger partial charge in [-0.3, -0.25) is 9.79 Å². The number of hydrogen-bond acceptors (Lipinski definition) is 6. The summed E-state index contributed by atoms with van der Waals surface area (Å²) in [6.45, 7) is -1.74. The minimum Gasteiger partial charge on any atom is -0.433 e. The van der Waals surface area contributed by atoms with Gasteiger partial charge in [0.1, 0.15) is 28.6 Å². The zero-order valence-electron chi connectivity index (χ0n) is 17.5. The van der Waals surface area contributed by atoms with Crippen LogP contribution in [-0.4, -0.2) is 41.7 Å². The molecule has 3 N–H and O–H groups in total. The minimum atomic E-state index is -4.85. The number of anilines is 1. The van der Waals surface area contributed by atoms with Crippen molar-refractivity contribution in [3.63, 3.8) is 0 Å². The Morgan fingerprint density at radius 2 is 1.97 bits per heavy atom. The number of alkyl halides is 5. The SMILES string of the molecule is C[C@@]1(c2cc(NC(=O)c3ncc(OC(F)F)cc3Cl)ccc2F)CO[C@@](C)(C(F)(F)F)C(N)=N1. The highest BCUT2D eigenvalue weighted by Crippen LogP contribution is 2.41. The number of ether oxygens (including phenoxy) is 2. The van der Waals surface area contributed by atoms with E-state index in [2.05, 4.69) is 20.0 Å². The predicted molar refractivity (Wildman–Crippen MR) is 110 cm³/mol. The fourth-order valence-corrected chi connectivity index (χ4v) is 3.33. The third-order valence-electron chi connectivity index (χ3n) is 5.10. The number of benzene rings is 1. The van der Waals surface area contributed by atoms with Crippen LogP contribution in [0, 0.1) is 5.82 Å². The van der Waals surface area contributed by atoms with E-state index in [0.29, 0.717) is 6.92 Å². The summed E-state index contributed by atoms with van der Waals surface area (Å²) in [7, 11) is 0. The molecule has 0 spiro atoms. The van der Waals surface area contributed by atoms with Crippen LogP contribution in [0.3, 0.4) is 0 Å². The van der Waals surface area contributed by atoms with E-state index in [0.717, 1.165) is 24.4 Å². The highest BCUT2D eigenvalue weighted by atomic mass is 35.5. The van der Waals surface area contributed by atoms with Gasteiger partial charge in [0.25, 0.3) is 5.91 Å². The lowest BCUT2D eigenvalue weighted by molar-refractivity contribution is -0.249. The Bertz CT molecular complexity index is 1150. The predicted octanol–water partition coefficient (Wildman–Crippen LogP) is 4.65. The average Bonchev–Trinajstić information content (AvgIpc) is 2.71. The van der Waals surface area contributed by atoms with E-state index in [-0.39, 0.29) is 27.7 Å². The normalized spacial score (nSPS) is 22.9. The lowest BCUT2D eigenvalue weighted by atomic mass is 9.89. The number of carbonyl (C=O) groups excluding carboxylic acids is 1. The monoisotopic (exact) mass is 510 g/mol. The van der Waals surface area contributed by atoms with E-state index in [1.807, 2.05) is 0 Å². The molecule has 1 aliphatic heterocycles. The third kappa shape index (κ3) is 4.89.